The van der Waals surface area contributed by atoms with Gasteiger partial charge in [-0.3, -0.25) is 4.79 Å². The number of nitrogens with zero attached hydrogens (tertiary/aromatic N) is 2. The summed E-state index contributed by atoms with van der Waals surface area (Å²) in [5, 5.41) is 10.4. The molecular weight excluding hydrogens is 313 g/mol. The van der Waals surface area contributed by atoms with Crippen molar-refractivity contribution in [3.63, 3.8) is 0 Å². The molecule has 7 heteroatoms. The number of carbonyl (C=O) groups excluding carboxylic acids is 1. The van der Waals surface area contributed by atoms with Crippen molar-refractivity contribution < 1.29 is 9.90 Å². The number of aliphatic hydroxyl groups excluding tert-OH is 1. The van der Waals surface area contributed by atoms with Crippen LogP contribution in [0.4, 0.5) is 5.69 Å². The van der Waals surface area contributed by atoms with Crippen molar-refractivity contribution in [1.82, 2.24) is 9.80 Å². The number of nitrogen functional groups attached to an aromatic ring is 1. The predicted molar refractivity (Wildman–Crippen MR) is 84.9 cm³/mol. The van der Waals surface area contributed by atoms with Crippen LogP contribution in [-0.4, -0.2) is 60.1 Å². The minimum Gasteiger partial charge on any atom is -0.397 e. The number of likely N-dealkylation sites (tertiary alicyclic amines) is 1. The second kappa shape index (κ2) is 6.40. The van der Waals surface area contributed by atoms with E-state index in [4.69, 9.17) is 28.9 Å². The van der Waals surface area contributed by atoms with Crippen LogP contribution in [0.2, 0.25) is 10.0 Å². The van der Waals surface area contributed by atoms with Gasteiger partial charge >= 0.3 is 0 Å². The van der Waals surface area contributed by atoms with Gasteiger partial charge in [-0.05, 0) is 32.6 Å². The Hall–Kier alpha value is -1.01. The Bertz CT molecular complexity index is 528. The van der Waals surface area contributed by atoms with Gasteiger partial charge in [-0.2, -0.15) is 0 Å². The number of anilines is 1. The number of hydrogen-bond acceptors (Lipinski definition) is 4. The summed E-state index contributed by atoms with van der Waals surface area (Å²) in [7, 11) is 3.87. The Balaban J connectivity index is 2.26. The highest BCUT2D eigenvalue weighted by Gasteiger charge is 2.35. The number of likely N-dealkylation sites (N-methyl/N-ethyl adjacent to an activating group) is 1. The molecule has 1 fully saturated rings. The van der Waals surface area contributed by atoms with Gasteiger partial charge in [-0.1, -0.05) is 23.2 Å². The van der Waals surface area contributed by atoms with Crippen LogP contribution in [0.3, 0.4) is 0 Å². The van der Waals surface area contributed by atoms with E-state index in [1.807, 2.05) is 19.0 Å². The molecule has 1 aliphatic heterocycles. The summed E-state index contributed by atoms with van der Waals surface area (Å²) in [6.07, 6.45) is 0.0693. The Morgan fingerprint density at radius 1 is 1.48 bits per heavy atom. The van der Waals surface area contributed by atoms with Gasteiger partial charge < -0.3 is 20.6 Å². The fourth-order valence-corrected chi connectivity index (χ4v) is 2.97. The maximum Gasteiger partial charge on any atom is 0.254 e. The molecule has 116 valence electrons. The first-order valence-electron chi connectivity index (χ1n) is 6.68. The van der Waals surface area contributed by atoms with Crippen LogP contribution in [0.25, 0.3) is 0 Å². The molecule has 0 aromatic heterocycles. The van der Waals surface area contributed by atoms with Gasteiger partial charge in [0.15, 0.2) is 0 Å². The smallest absolute Gasteiger partial charge is 0.254 e. The molecule has 1 heterocycles. The molecule has 2 unspecified atom stereocenters. The highest BCUT2D eigenvalue weighted by Crippen LogP contribution is 2.31. The number of carbonyl (C=O) groups is 1. The topological polar surface area (TPSA) is 69.8 Å². The molecule has 0 saturated carbocycles. The SMILES string of the molecule is CN(C)CC1CC(O)CN1C(=O)c1cc(N)c(Cl)c(Cl)c1. The van der Waals surface area contributed by atoms with Gasteiger partial charge in [-0.15, -0.1) is 0 Å². The molecular formula is C14H19Cl2N3O2. The van der Waals surface area contributed by atoms with Crippen LogP contribution >= 0.6 is 23.2 Å². The largest absolute Gasteiger partial charge is 0.397 e. The van der Waals surface area contributed by atoms with Crippen LogP contribution in [0.5, 0.6) is 0 Å². The lowest BCUT2D eigenvalue weighted by Gasteiger charge is -2.27. The number of rotatable bonds is 3. The molecule has 1 saturated heterocycles. The quantitative estimate of drug-likeness (QED) is 0.827. The van der Waals surface area contributed by atoms with E-state index in [1.54, 1.807) is 4.90 Å². The zero-order chi connectivity index (χ0) is 15.7. The zero-order valence-corrected chi connectivity index (χ0v) is 13.5. The van der Waals surface area contributed by atoms with Crippen molar-refractivity contribution in [2.75, 3.05) is 32.9 Å². The minimum atomic E-state index is -0.501. The van der Waals surface area contributed by atoms with Gasteiger partial charge in [0.25, 0.3) is 5.91 Å². The molecule has 0 bridgehead atoms. The predicted octanol–water partition coefficient (Wildman–Crippen LogP) is 1.71. The lowest BCUT2D eigenvalue weighted by molar-refractivity contribution is 0.0699. The third kappa shape index (κ3) is 3.61. The Labute approximate surface area is 134 Å². The maximum atomic E-state index is 12.6. The monoisotopic (exact) mass is 331 g/mol. The van der Waals surface area contributed by atoms with E-state index in [2.05, 4.69) is 0 Å². The van der Waals surface area contributed by atoms with Crippen molar-refractivity contribution in [3.05, 3.63) is 27.7 Å². The molecule has 1 aromatic rings. The standard InChI is InChI=1S/C14H19Cl2N3O2/c1-18(2)6-9-5-10(20)7-19(9)14(21)8-3-11(15)13(16)12(17)4-8/h3-4,9-10,20H,5-7,17H2,1-2H3. The molecule has 21 heavy (non-hydrogen) atoms. The average Bonchev–Trinajstić information content (AvgIpc) is 2.74. The maximum absolute atomic E-state index is 12.6. The average molecular weight is 332 g/mol. The number of β-amino-alcohol motifs (C(OH)–C–C–N with tert-alkyl or cyclic N) is 1. The summed E-state index contributed by atoms with van der Waals surface area (Å²) in [6.45, 7) is 1.01. The molecule has 0 radical (unpaired) electrons. The highest BCUT2D eigenvalue weighted by atomic mass is 35.5. The summed E-state index contributed by atoms with van der Waals surface area (Å²) in [6, 6.07) is 3.01. The Kier molecular flexibility index (Phi) is 4.99. The van der Waals surface area contributed by atoms with E-state index in [0.29, 0.717) is 25.1 Å². The van der Waals surface area contributed by atoms with Crippen molar-refractivity contribution in [2.24, 2.45) is 0 Å². The first-order valence-corrected chi connectivity index (χ1v) is 7.43. The summed E-state index contributed by atoms with van der Waals surface area (Å²) in [4.78, 5) is 16.3. The molecule has 1 aliphatic rings. The van der Waals surface area contributed by atoms with E-state index in [1.165, 1.54) is 12.1 Å². The van der Waals surface area contributed by atoms with E-state index in [0.717, 1.165) is 0 Å². The first-order chi connectivity index (χ1) is 9.79. The number of hydrogen-bond donors (Lipinski definition) is 2. The number of benzene rings is 1. The molecule has 0 aliphatic carbocycles. The van der Waals surface area contributed by atoms with E-state index in [9.17, 15) is 9.90 Å². The van der Waals surface area contributed by atoms with E-state index in [-0.39, 0.29) is 27.7 Å². The minimum absolute atomic E-state index is 0.0295. The number of amides is 1. The zero-order valence-electron chi connectivity index (χ0n) is 12.0. The molecule has 2 atom stereocenters. The lowest BCUT2D eigenvalue weighted by Crippen LogP contribution is -2.41. The number of halogens is 2. The molecule has 1 amide bonds. The van der Waals surface area contributed by atoms with Gasteiger partial charge in [0.05, 0.1) is 21.8 Å². The van der Waals surface area contributed by atoms with Crippen molar-refractivity contribution in [1.29, 1.82) is 0 Å². The fraction of sp³-hybridized carbons (Fsp3) is 0.500. The molecule has 3 N–H and O–H groups in total. The summed E-state index contributed by atoms with van der Waals surface area (Å²) >= 11 is 11.9. The van der Waals surface area contributed by atoms with Crippen LogP contribution in [0.1, 0.15) is 16.8 Å². The normalized spacial score (nSPS) is 22.1. The summed E-state index contributed by atoms with van der Waals surface area (Å²) in [5.41, 5.74) is 6.42. The van der Waals surface area contributed by atoms with Gasteiger partial charge in [0.2, 0.25) is 0 Å². The van der Waals surface area contributed by atoms with Crippen molar-refractivity contribution in [2.45, 2.75) is 18.6 Å². The highest BCUT2D eigenvalue weighted by molar-refractivity contribution is 6.43. The summed E-state index contributed by atoms with van der Waals surface area (Å²) in [5.74, 6) is -0.191. The third-order valence-corrected chi connectivity index (χ3v) is 4.35. The Morgan fingerprint density at radius 3 is 2.71 bits per heavy atom. The Morgan fingerprint density at radius 2 is 2.14 bits per heavy atom. The first kappa shape index (κ1) is 16.4. The van der Waals surface area contributed by atoms with Crippen LogP contribution in [0.15, 0.2) is 12.1 Å². The van der Waals surface area contributed by atoms with Crippen molar-refractivity contribution >= 4 is 34.8 Å². The van der Waals surface area contributed by atoms with Crippen LogP contribution in [0, 0.1) is 0 Å². The second-order valence-electron chi connectivity index (χ2n) is 5.62. The van der Waals surface area contributed by atoms with Gasteiger partial charge in [0, 0.05) is 24.7 Å². The van der Waals surface area contributed by atoms with E-state index >= 15 is 0 Å². The number of nitrogens with two attached hydrogens (primary N) is 1. The molecule has 0 spiro atoms. The van der Waals surface area contributed by atoms with Gasteiger partial charge in [0.1, 0.15) is 0 Å². The molecule has 1 aromatic carbocycles. The third-order valence-electron chi connectivity index (χ3n) is 3.53. The summed E-state index contributed by atoms with van der Waals surface area (Å²) < 4.78 is 0. The van der Waals surface area contributed by atoms with Crippen molar-refractivity contribution in [3.8, 4) is 0 Å². The number of aliphatic hydroxyl groups is 1. The molecule has 2 rings (SSSR count). The van der Waals surface area contributed by atoms with E-state index < -0.39 is 6.10 Å². The van der Waals surface area contributed by atoms with Crippen LogP contribution in [-0.2, 0) is 0 Å². The fourth-order valence-electron chi connectivity index (χ4n) is 2.63. The lowest BCUT2D eigenvalue weighted by atomic mass is 10.1. The molecule has 5 nitrogen and oxygen atoms in total. The van der Waals surface area contributed by atoms with Crippen LogP contribution < -0.4 is 5.73 Å². The second-order valence-corrected chi connectivity index (χ2v) is 6.41. The van der Waals surface area contributed by atoms with Gasteiger partial charge in [-0.25, -0.2) is 0 Å².